The highest BCUT2D eigenvalue weighted by atomic mass is 32.1. The van der Waals surface area contributed by atoms with Crippen molar-refractivity contribution in [2.75, 3.05) is 5.32 Å². The molecule has 1 aliphatic carbocycles. The van der Waals surface area contributed by atoms with E-state index in [2.05, 4.69) is 234 Å². The van der Waals surface area contributed by atoms with Crippen molar-refractivity contribution >= 4 is 93.9 Å². The van der Waals surface area contributed by atoms with Crippen molar-refractivity contribution in [1.29, 1.82) is 0 Å². The lowest BCUT2D eigenvalue weighted by molar-refractivity contribution is 0.590. The van der Waals surface area contributed by atoms with Gasteiger partial charge in [0.15, 0.2) is 7.28 Å². The molecule has 3 aromatic heterocycles. The van der Waals surface area contributed by atoms with Crippen LogP contribution in [-0.2, 0) is 10.8 Å². The summed E-state index contributed by atoms with van der Waals surface area (Å²) in [6.07, 6.45) is 0. The molecule has 323 valence electrons. The number of nitrogens with zero attached hydrogens (tertiary/aromatic N) is 1. The Balaban J connectivity index is 1.07. The third-order valence-electron chi connectivity index (χ3n) is 15.0. The molecule has 68 heavy (non-hydrogen) atoms. The summed E-state index contributed by atoms with van der Waals surface area (Å²) in [4.78, 5) is 0. The molecule has 3 nitrogen and oxygen atoms in total. The molecule has 0 saturated heterocycles. The van der Waals surface area contributed by atoms with Crippen LogP contribution in [0.3, 0.4) is 0 Å². The van der Waals surface area contributed by atoms with Gasteiger partial charge >= 0.3 is 0 Å². The van der Waals surface area contributed by atoms with E-state index in [0.29, 0.717) is 0 Å². The van der Waals surface area contributed by atoms with E-state index in [1.807, 2.05) is 11.3 Å². The predicted molar refractivity (Wildman–Crippen MR) is 291 cm³/mol. The number of aromatic nitrogens is 1. The Morgan fingerprint density at radius 2 is 1.29 bits per heavy atom. The van der Waals surface area contributed by atoms with Crippen molar-refractivity contribution in [3.63, 3.8) is 0 Å². The quantitative estimate of drug-likeness (QED) is 0.175. The van der Waals surface area contributed by atoms with Crippen molar-refractivity contribution < 1.29 is 4.42 Å². The Kier molecular flexibility index (Phi) is 8.27. The van der Waals surface area contributed by atoms with Crippen LogP contribution in [0.25, 0.3) is 103 Å². The summed E-state index contributed by atoms with van der Waals surface area (Å²) in [5, 5.41) is 10.2. The zero-order valence-corrected chi connectivity index (χ0v) is 39.5. The first-order valence-corrected chi connectivity index (χ1v) is 24.6. The van der Waals surface area contributed by atoms with Crippen LogP contribution >= 0.6 is 11.3 Å². The minimum absolute atomic E-state index is 0.0609. The fourth-order valence-corrected chi connectivity index (χ4v) is 12.7. The lowest BCUT2D eigenvalue weighted by Gasteiger charge is -2.26. The van der Waals surface area contributed by atoms with Gasteiger partial charge in [-0.1, -0.05) is 167 Å². The number of hydrogen-bond donors (Lipinski definition) is 1. The van der Waals surface area contributed by atoms with Crippen LogP contribution in [0.4, 0.5) is 11.4 Å². The zero-order chi connectivity index (χ0) is 45.6. The molecule has 2 aliphatic rings. The summed E-state index contributed by atoms with van der Waals surface area (Å²) in [6.45, 7) is 11.6. The zero-order valence-electron chi connectivity index (χ0n) is 38.7. The van der Waals surface area contributed by atoms with Crippen LogP contribution < -0.4 is 16.2 Å². The second-order valence-corrected chi connectivity index (χ2v) is 21.5. The molecule has 0 unspecified atom stereocenters. The molecule has 0 spiro atoms. The highest BCUT2D eigenvalue weighted by Gasteiger charge is 2.37. The molecule has 4 heterocycles. The molecule has 1 N–H and O–H groups in total. The van der Waals surface area contributed by atoms with E-state index < -0.39 is 0 Å². The fourth-order valence-electron chi connectivity index (χ4n) is 11.6. The van der Waals surface area contributed by atoms with Crippen molar-refractivity contribution in [3.8, 4) is 50.4 Å². The molecule has 0 atom stereocenters. The number of furan rings is 1. The Hall–Kier alpha value is -7.60. The average molecular weight is 890 g/mol. The van der Waals surface area contributed by atoms with Crippen LogP contribution in [0.5, 0.6) is 0 Å². The van der Waals surface area contributed by atoms with E-state index in [1.54, 1.807) is 0 Å². The SMILES string of the molecule is CC(C)(C)c1ccc(Nc2cc3c(cc2-c2ccc4c5cc6sc7ccccc7c6cc5n5c4c2[B]c2cc4oc(-c6ccccc6)c(-c6ccccc6)c4cc2-5)-c2ccccc2C3(C)C)cc1. The molecule has 9 aromatic carbocycles. The maximum absolute atomic E-state index is 7.03. The Bertz CT molecular complexity index is 4070. The first-order chi connectivity index (χ1) is 33.1. The molecule has 12 aromatic rings. The average Bonchev–Trinajstić information content (AvgIpc) is 4.07. The molecular formula is C63H46BN2OS. The molecular weight excluding hydrogens is 844 g/mol. The second-order valence-electron chi connectivity index (χ2n) is 20.4. The van der Waals surface area contributed by atoms with E-state index >= 15 is 0 Å². The first-order valence-electron chi connectivity index (χ1n) is 23.7. The van der Waals surface area contributed by atoms with Gasteiger partial charge in [0.25, 0.3) is 0 Å². The third-order valence-corrected chi connectivity index (χ3v) is 16.1. The highest BCUT2D eigenvalue weighted by molar-refractivity contribution is 7.25. The lowest BCUT2D eigenvalue weighted by Crippen LogP contribution is -2.37. The van der Waals surface area contributed by atoms with Gasteiger partial charge in [0.2, 0.25) is 0 Å². The van der Waals surface area contributed by atoms with Crippen molar-refractivity contribution in [2.45, 2.75) is 45.4 Å². The van der Waals surface area contributed by atoms with Gasteiger partial charge in [0.1, 0.15) is 11.3 Å². The van der Waals surface area contributed by atoms with Crippen LogP contribution in [0.15, 0.2) is 186 Å². The minimum Gasteiger partial charge on any atom is -0.455 e. The number of hydrogen-bond acceptors (Lipinski definition) is 3. The van der Waals surface area contributed by atoms with E-state index in [-0.39, 0.29) is 10.8 Å². The summed E-state index contributed by atoms with van der Waals surface area (Å²) >= 11 is 1.88. The second kappa shape index (κ2) is 14.2. The fraction of sp³-hybridized carbons (Fsp3) is 0.111. The van der Waals surface area contributed by atoms with E-state index in [1.165, 1.54) is 86.4 Å². The maximum atomic E-state index is 7.03. The van der Waals surface area contributed by atoms with E-state index in [0.717, 1.165) is 55.9 Å². The largest absolute Gasteiger partial charge is 0.455 e. The van der Waals surface area contributed by atoms with Gasteiger partial charge in [-0.2, -0.15) is 0 Å². The summed E-state index contributed by atoms with van der Waals surface area (Å²) in [5.74, 6) is 0.883. The number of thiophene rings is 1. The standard InChI is InChI=1S/C63H46BN2OS/c1-62(2,3)38-24-26-39(27-25-38)65-52-34-50-44(40-20-12-14-22-49(40)63(50,4)5)30-45(52)42-28-29-43-46-33-57-47(41-21-13-15-23-56(41)68-57)31-53(46)66-54-32-48-55(35-51(54)64-59(42)60(43)66)67-61(37-18-10-7-11-19-37)58(48)36-16-8-6-9-17-36/h6-35,65H,1-5H3. The summed E-state index contributed by atoms with van der Waals surface area (Å²) < 4.78 is 12.2. The molecule has 5 heteroatoms. The smallest absolute Gasteiger partial charge is 0.198 e. The summed E-state index contributed by atoms with van der Waals surface area (Å²) in [5.41, 5.74) is 21.1. The first kappa shape index (κ1) is 39.6. The summed E-state index contributed by atoms with van der Waals surface area (Å²) in [7, 11) is 2.43. The third kappa shape index (κ3) is 5.72. The maximum Gasteiger partial charge on any atom is 0.198 e. The van der Waals surface area contributed by atoms with Gasteiger partial charge in [-0.25, -0.2) is 0 Å². The number of rotatable bonds is 5. The number of anilines is 2. The molecule has 0 fully saturated rings. The monoisotopic (exact) mass is 889 g/mol. The number of nitrogens with one attached hydrogen (secondary N) is 1. The van der Waals surface area contributed by atoms with Crippen molar-refractivity contribution in [3.05, 3.63) is 199 Å². The van der Waals surface area contributed by atoms with Crippen LogP contribution in [0, 0.1) is 0 Å². The molecule has 0 amide bonds. The topological polar surface area (TPSA) is 30.1 Å². The molecule has 14 rings (SSSR count). The highest BCUT2D eigenvalue weighted by Crippen LogP contribution is 2.52. The Labute approximate surface area is 400 Å². The van der Waals surface area contributed by atoms with Gasteiger partial charge in [-0.3, -0.25) is 0 Å². The Morgan fingerprint density at radius 3 is 2.09 bits per heavy atom. The number of fused-ring (bicyclic) bond motifs is 12. The van der Waals surface area contributed by atoms with Crippen LogP contribution in [-0.4, -0.2) is 11.8 Å². The van der Waals surface area contributed by atoms with Crippen molar-refractivity contribution in [1.82, 2.24) is 4.57 Å². The van der Waals surface area contributed by atoms with Crippen molar-refractivity contribution in [2.24, 2.45) is 0 Å². The van der Waals surface area contributed by atoms with Gasteiger partial charge in [0, 0.05) is 81.0 Å². The van der Waals surface area contributed by atoms with Gasteiger partial charge in [0.05, 0.1) is 5.52 Å². The normalized spacial score (nSPS) is 13.6. The van der Waals surface area contributed by atoms with Gasteiger partial charge in [-0.05, 0) is 104 Å². The molecule has 0 bridgehead atoms. The number of benzene rings is 9. The Morgan fingerprint density at radius 1 is 0.559 bits per heavy atom. The molecule has 1 radical (unpaired) electrons. The summed E-state index contributed by atoms with van der Waals surface area (Å²) in [6, 6.07) is 67.4. The minimum atomic E-state index is -0.157. The lowest BCUT2D eigenvalue weighted by atomic mass is 9.59. The van der Waals surface area contributed by atoms with Crippen LogP contribution in [0.2, 0.25) is 0 Å². The van der Waals surface area contributed by atoms with E-state index in [9.17, 15) is 0 Å². The molecule has 1 aliphatic heterocycles. The van der Waals surface area contributed by atoms with E-state index in [4.69, 9.17) is 4.42 Å². The molecule has 0 saturated carbocycles. The predicted octanol–water partition coefficient (Wildman–Crippen LogP) is 16.2. The van der Waals surface area contributed by atoms with Gasteiger partial charge < -0.3 is 14.3 Å². The van der Waals surface area contributed by atoms with Crippen LogP contribution in [0.1, 0.15) is 51.3 Å². The van der Waals surface area contributed by atoms with Gasteiger partial charge in [-0.15, -0.1) is 11.3 Å².